The number of aliphatic carboxylic acids is 1. The summed E-state index contributed by atoms with van der Waals surface area (Å²) < 4.78 is 0. The molecule has 2 N–H and O–H groups in total. The van der Waals surface area contributed by atoms with Crippen LogP contribution in [0.2, 0.25) is 0 Å². The Kier molecular flexibility index (Phi) is 4.26. The van der Waals surface area contributed by atoms with E-state index in [1.807, 2.05) is 24.3 Å². The molecule has 1 aromatic rings. The fraction of sp³-hybridized carbons (Fsp3) is 0.333. The average molecular weight is 272 g/mol. The Labute approximate surface area is 117 Å². The molecule has 1 unspecified atom stereocenters. The highest BCUT2D eigenvalue weighted by Gasteiger charge is 2.28. The summed E-state index contributed by atoms with van der Waals surface area (Å²) in [5.74, 6) is 0.781. The molecule has 104 valence electrons. The van der Waals surface area contributed by atoms with Crippen molar-refractivity contribution in [2.24, 2.45) is 5.92 Å². The molecule has 0 fully saturated rings. The van der Waals surface area contributed by atoms with E-state index in [9.17, 15) is 9.59 Å². The van der Waals surface area contributed by atoms with Crippen molar-refractivity contribution in [1.29, 1.82) is 0 Å². The van der Waals surface area contributed by atoms with Crippen LogP contribution in [-0.2, 0) is 16.0 Å². The van der Waals surface area contributed by atoms with E-state index < -0.39 is 5.97 Å². The number of fused-ring (bicyclic) bond motifs is 1. The monoisotopic (exact) mass is 272 g/mol. The zero-order valence-corrected chi connectivity index (χ0v) is 11.0. The number of carbonyl (C=O) groups excluding carboxylic acids is 1. The first-order valence-corrected chi connectivity index (χ1v) is 6.37. The third-order valence-electron chi connectivity index (χ3n) is 3.29. The van der Waals surface area contributed by atoms with Crippen LogP contribution in [0.25, 0.3) is 0 Å². The maximum absolute atomic E-state index is 12.4. The summed E-state index contributed by atoms with van der Waals surface area (Å²) in [5.41, 5.74) is 2.09. The normalized spacial score (nSPS) is 16.4. The van der Waals surface area contributed by atoms with Gasteiger partial charge in [-0.25, -0.2) is 0 Å². The predicted molar refractivity (Wildman–Crippen MR) is 75.2 cm³/mol. The van der Waals surface area contributed by atoms with Crippen molar-refractivity contribution in [2.45, 2.75) is 6.42 Å². The standard InChI is InChI=1S/C15H16N2O3/c1-2-7-17(10-14(18)19)15(20)12-8-11-5-3-4-6-13(11)16-9-12/h1,3-6,12,16H,7-10H2,(H,18,19). The van der Waals surface area contributed by atoms with Gasteiger partial charge in [0.15, 0.2) is 0 Å². The number of para-hydroxylation sites is 1. The molecule has 1 aliphatic heterocycles. The van der Waals surface area contributed by atoms with Crippen LogP contribution in [-0.4, -0.2) is 41.5 Å². The van der Waals surface area contributed by atoms with Gasteiger partial charge in [0.1, 0.15) is 6.54 Å². The summed E-state index contributed by atoms with van der Waals surface area (Å²) in [5, 5.41) is 12.0. The van der Waals surface area contributed by atoms with Crippen molar-refractivity contribution in [3.8, 4) is 12.3 Å². The van der Waals surface area contributed by atoms with Crippen LogP contribution in [0.5, 0.6) is 0 Å². The number of nitrogens with zero attached hydrogens (tertiary/aromatic N) is 1. The zero-order chi connectivity index (χ0) is 14.5. The Morgan fingerprint density at radius 3 is 2.90 bits per heavy atom. The molecular formula is C15H16N2O3. The van der Waals surface area contributed by atoms with E-state index >= 15 is 0 Å². The quantitative estimate of drug-likeness (QED) is 0.796. The van der Waals surface area contributed by atoms with Gasteiger partial charge in [-0.05, 0) is 18.1 Å². The van der Waals surface area contributed by atoms with Crippen LogP contribution in [0.3, 0.4) is 0 Å². The second kappa shape index (κ2) is 6.11. The molecule has 1 amide bonds. The Morgan fingerprint density at radius 1 is 1.45 bits per heavy atom. The minimum atomic E-state index is -1.06. The summed E-state index contributed by atoms with van der Waals surface area (Å²) in [6.45, 7) is 0.154. The number of hydrogen-bond donors (Lipinski definition) is 2. The summed E-state index contributed by atoms with van der Waals surface area (Å²) in [4.78, 5) is 24.4. The van der Waals surface area contributed by atoms with Gasteiger partial charge in [-0.2, -0.15) is 0 Å². The molecule has 1 aromatic carbocycles. The largest absolute Gasteiger partial charge is 0.480 e. The van der Waals surface area contributed by atoms with Crippen molar-refractivity contribution in [3.05, 3.63) is 29.8 Å². The van der Waals surface area contributed by atoms with Crippen molar-refractivity contribution in [2.75, 3.05) is 25.0 Å². The average Bonchev–Trinajstić information content (AvgIpc) is 2.45. The molecule has 0 aliphatic carbocycles. The number of carboxylic acids is 1. The molecule has 0 saturated carbocycles. The summed E-state index contributed by atoms with van der Waals surface area (Å²) in [6.07, 6.45) is 5.80. The van der Waals surface area contributed by atoms with Crippen LogP contribution in [0, 0.1) is 18.3 Å². The number of anilines is 1. The molecule has 1 aliphatic rings. The van der Waals surface area contributed by atoms with Crippen molar-refractivity contribution in [1.82, 2.24) is 4.90 Å². The maximum Gasteiger partial charge on any atom is 0.323 e. The fourth-order valence-electron chi connectivity index (χ4n) is 2.36. The first-order valence-electron chi connectivity index (χ1n) is 6.37. The van der Waals surface area contributed by atoms with Crippen LogP contribution >= 0.6 is 0 Å². The number of carboxylic acid groups (broad SMARTS) is 1. The Bertz CT molecular complexity index is 562. The van der Waals surface area contributed by atoms with Crippen molar-refractivity contribution in [3.63, 3.8) is 0 Å². The van der Waals surface area contributed by atoms with E-state index in [0.29, 0.717) is 13.0 Å². The van der Waals surface area contributed by atoms with Gasteiger partial charge in [0, 0.05) is 12.2 Å². The van der Waals surface area contributed by atoms with Crippen LogP contribution in [0.1, 0.15) is 5.56 Å². The van der Waals surface area contributed by atoms with Crippen molar-refractivity contribution >= 4 is 17.6 Å². The number of rotatable bonds is 4. The molecule has 0 saturated heterocycles. The number of amides is 1. The molecule has 0 aromatic heterocycles. The van der Waals surface area contributed by atoms with E-state index in [1.165, 1.54) is 4.90 Å². The number of hydrogen-bond acceptors (Lipinski definition) is 3. The lowest BCUT2D eigenvalue weighted by atomic mass is 9.93. The molecular weight excluding hydrogens is 256 g/mol. The van der Waals surface area contributed by atoms with Gasteiger partial charge in [-0.15, -0.1) is 6.42 Å². The van der Waals surface area contributed by atoms with Crippen molar-refractivity contribution < 1.29 is 14.7 Å². The Morgan fingerprint density at radius 2 is 2.20 bits per heavy atom. The summed E-state index contributed by atoms with van der Waals surface area (Å²) in [7, 11) is 0. The second-order valence-electron chi connectivity index (χ2n) is 4.73. The molecule has 5 heteroatoms. The van der Waals surface area contributed by atoms with E-state index in [0.717, 1.165) is 11.3 Å². The maximum atomic E-state index is 12.4. The molecule has 0 radical (unpaired) electrons. The molecule has 0 spiro atoms. The first-order chi connectivity index (χ1) is 9.61. The first kappa shape index (κ1) is 13.9. The predicted octanol–water partition coefficient (Wildman–Crippen LogP) is 0.817. The highest BCUT2D eigenvalue weighted by atomic mass is 16.4. The molecule has 1 heterocycles. The number of benzene rings is 1. The zero-order valence-electron chi connectivity index (χ0n) is 11.0. The lowest BCUT2D eigenvalue weighted by molar-refractivity contribution is -0.145. The number of nitrogens with one attached hydrogen (secondary N) is 1. The van der Waals surface area contributed by atoms with Gasteiger partial charge >= 0.3 is 5.97 Å². The topological polar surface area (TPSA) is 69.6 Å². The smallest absolute Gasteiger partial charge is 0.323 e. The number of terminal acetylenes is 1. The van der Waals surface area contributed by atoms with E-state index in [4.69, 9.17) is 11.5 Å². The number of carbonyl (C=O) groups is 2. The second-order valence-corrected chi connectivity index (χ2v) is 4.73. The molecule has 0 bridgehead atoms. The van der Waals surface area contributed by atoms with Crippen LogP contribution in [0.15, 0.2) is 24.3 Å². The highest BCUT2D eigenvalue weighted by molar-refractivity contribution is 5.84. The molecule has 20 heavy (non-hydrogen) atoms. The lowest BCUT2D eigenvalue weighted by Crippen LogP contribution is -2.43. The van der Waals surface area contributed by atoms with Gasteiger partial charge in [-0.1, -0.05) is 24.1 Å². The Balaban J connectivity index is 2.10. The third kappa shape index (κ3) is 3.09. The minimum absolute atomic E-state index is 0.0171. The van der Waals surface area contributed by atoms with Gasteiger partial charge in [0.2, 0.25) is 5.91 Å². The van der Waals surface area contributed by atoms with E-state index in [2.05, 4.69) is 11.2 Å². The van der Waals surface area contributed by atoms with Crippen LogP contribution < -0.4 is 5.32 Å². The summed E-state index contributed by atoms with van der Waals surface area (Å²) >= 11 is 0. The van der Waals surface area contributed by atoms with Crippen LogP contribution in [0.4, 0.5) is 5.69 Å². The fourth-order valence-corrected chi connectivity index (χ4v) is 2.36. The lowest BCUT2D eigenvalue weighted by Gasteiger charge is -2.29. The van der Waals surface area contributed by atoms with E-state index in [-0.39, 0.29) is 24.9 Å². The SMILES string of the molecule is C#CCN(CC(=O)O)C(=O)C1CNc2ccccc2C1. The summed E-state index contributed by atoms with van der Waals surface area (Å²) in [6, 6.07) is 7.78. The van der Waals surface area contributed by atoms with Gasteiger partial charge < -0.3 is 15.3 Å². The molecule has 2 rings (SSSR count). The van der Waals surface area contributed by atoms with Gasteiger partial charge in [0.05, 0.1) is 12.5 Å². The highest BCUT2D eigenvalue weighted by Crippen LogP contribution is 2.25. The van der Waals surface area contributed by atoms with Gasteiger partial charge in [-0.3, -0.25) is 9.59 Å². The minimum Gasteiger partial charge on any atom is -0.480 e. The van der Waals surface area contributed by atoms with E-state index in [1.54, 1.807) is 0 Å². The Hall–Kier alpha value is -2.48. The van der Waals surface area contributed by atoms with Gasteiger partial charge in [0.25, 0.3) is 0 Å². The molecule has 1 atom stereocenters. The molecule has 5 nitrogen and oxygen atoms in total. The third-order valence-corrected chi connectivity index (χ3v) is 3.29.